The molecule has 0 saturated carbocycles. The minimum atomic E-state index is -2.27. The summed E-state index contributed by atoms with van der Waals surface area (Å²) < 4.78 is 11.3. The number of amides is 11. The number of esters is 2. The molecular formula is C59H81N11O18S3. The van der Waals surface area contributed by atoms with Crippen LogP contribution in [0.2, 0.25) is 0 Å². The van der Waals surface area contributed by atoms with Gasteiger partial charge in [0.15, 0.2) is 23.6 Å². The number of imide groups is 2. The summed E-state index contributed by atoms with van der Waals surface area (Å²) in [4.78, 5) is 206. The number of thiazole rings is 1. The van der Waals surface area contributed by atoms with Gasteiger partial charge in [-0.05, 0) is 70.3 Å². The van der Waals surface area contributed by atoms with Crippen molar-refractivity contribution in [3.63, 3.8) is 0 Å². The molecule has 1 aromatic heterocycles. The standard InChI is InChI=1S/C59H81N11O18S3/c1-12-29(4)34(22-42(72)59(7,8)67(9)10)54(81)68(11)37(28(2)3)23-39(87-31(6)71)53-64-36(26-89-53)50(78)62-33(19-30(5)57(84)85)20-32-13-14-38-35(21-32)63-51(79)47(49(61)77)48(58(86)88-38)52(80)66-65-44(74)16-18-70-46(76)25-41(56(70)83)91-27-90-40-24-45(75)69(55(40)82)17-15-43(60)73/h13-14,21,26,28-30,33-34,37,39-41,47-48H,12,15-20,22-25,27H2,1-11H3,(H2,60,73)(H2,61,77)(H,62,78)(H,63,79)(H,65,74)(H,66,80)(H,84,85)/t29-,30?,33+,34-,37+,39+,40?,41?,47?,48?/m0/s1. The summed E-state index contributed by atoms with van der Waals surface area (Å²) in [6.07, 6.45) is -1.61. The summed E-state index contributed by atoms with van der Waals surface area (Å²) in [5.74, 6) is -19.1. The number of thioether (sulfide) groups is 2. The maximum atomic E-state index is 14.4. The Labute approximate surface area is 538 Å². The molecule has 2 aromatic rings. The highest BCUT2D eigenvalue weighted by Gasteiger charge is 2.47. The Hall–Kier alpha value is -7.84. The summed E-state index contributed by atoms with van der Waals surface area (Å²) in [7, 11) is 5.25. The van der Waals surface area contributed by atoms with E-state index in [0.29, 0.717) is 12.0 Å². The Morgan fingerprint density at radius 3 is 2.02 bits per heavy atom. The van der Waals surface area contributed by atoms with Gasteiger partial charge in [0.1, 0.15) is 16.6 Å². The monoisotopic (exact) mass is 1330 g/mol. The smallest absolute Gasteiger partial charge is 0.325 e. The van der Waals surface area contributed by atoms with Crippen LogP contribution >= 0.6 is 34.9 Å². The Bertz CT molecular complexity index is 3170. The van der Waals surface area contributed by atoms with Crippen LogP contribution in [-0.4, -0.2) is 186 Å². The van der Waals surface area contributed by atoms with Crippen molar-refractivity contribution in [1.29, 1.82) is 0 Å². The van der Waals surface area contributed by atoms with Gasteiger partial charge in [0.2, 0.25) is 53.2 Å². The van der Waals surface area contributed by atoms with Crippen LogP contribution in [0.4, 0.5) is 5.69 Å². The van der Waals surface area contributed by atoms with E-state index in [4.69, 9.17) is 20.9 Å². The van der Waals surface area contributed by atoms with Gasteiger partial charge < -0.3 is 41.6 Å². The molecule has 32 heteroatoms. The molecule has 4 heterocycles. The average molecular weight is 1330 g/mol. The van der Waals surface area contributed by atoms with Crippen molar-refractivity contribution in [2.24, 2.45) is 47.0 Å². The highest BCUT2D eigenvalue weighted by molar-refractivity contribution is 8.17. The number of carbonyl (C=O) groups is 15. The predicted molar refractivity (Wildman–Crippen MR) is 331 cm³/mol. The number of likely N-dealkylation sites (N-methyl/N-ethyl adjacent to an activating group) is 1. The molecule has 0 aliphatic carbocycles. The number of aromatic nitrogens is 1. The number of primary amides is 2. The van der Waals surface area contributed by atoms with E-state index in [1.54, 1.807) is 44.8 Å². The molecule has 9 N–H and O–H groups in total. The summed E-state index contributed by atoms with van der Waals surface area (Å²) in [5.41, 5.74) is 13.9. The normalized spacial score (nSPS) is 19.7. The number of ketones is 1. The number of hydrogen-bond acceptors (Lipinski definition) is 22. The minimum Gasteiger partial charge on any atom is -0.481 e. The number of nitrogens with one attached hydrogen (secondary N) is 4. The summed E-state index contributed by atoms with van der Waals surface area (Å²) in [6, 6.07) is 2.52. The summed E-state index contributed by atoms with van der Waals surface area (Å²) in [5, 5.41) is 15.4. The van der Waals surface area contributed by atoms with Crippen molar-refractivity contribution in [2.45, 2.75) is 147 Å². The highest BCUT2D eigenvalue weighted by Crippen LogP contribution is 2.37. The first kappa shape index (κ1) is 73.9. The highest BCUT2D eigenvalue weighted by atomic mass is 32.2. The zero-order valence-corrected chi connectivity index (χ0v) is 55.1. The van der Waals surface area contributed by atoms with E-state index in [2.05, 4.69) is 15.6 Å². The molecule has 0 bridgehead atoms. The SMILES string of the molecule is CC[C@H](C)[C@H](CC(=O)C(C)(C)N(C)C)C(=O)N(C)[C@H](C[C@@H](OC(C)=O)c1nc(C(=O)N[C@@H](Cc2ccc3c(c2)NC(=O)C(C(N)=O)C(C(=O)NNC(=O)CCN2C(=O)CC(SCSC4CC(=O)N(CCC(N)=O)C4=O)C2=O)C(=O)O3)CC(C)C(=O)O)cs1)C(C)C. The Morgan fingerprint density at radius 2 is 1.48 bits per heavy atom. The number of benzene rings is 1. The molecular weight excluding hydrogens is 1250 g/mol. The van der Waals surface area contributed by atoms with Crippen LogP contribution in [0.3, 0.4) is 0 Å². The number of nitrogens with zero attached hydrogens (tertiary/aromatic N) is 5. The Morgan fingerprint density at radius 1 is 0.879 bits per heavy atom. The molecule has 3 aliphatic rings. The summed E-state index contributed by atoms with van der Waals surface area (Å²) in [6.45, 7) is 13.4. The van der Waals surface area contributed by atoms with Gasteiger partial charge in [-0.1, -0.05) is 47.1 Å². The number of rotatable bonds is 32. The van der Waals surface area contributed by atoms with Gasteiger partial charge in [0, 0.05) is 94.1 Å². The number of carbonyl (C=O) groups excluding carboxylic acids is 14. The number of carboxylic acid groups (broad SMARTS) is 1. The van der Waals surface area contributed by atoms with Gasteiger partial charge in [-0.2, -0.15) is 0 Å². The minimum absolute atomic E-state index is 0.0141. The Kier molecular flexibility index (Phi) is 26.3. The third-order valence-corrected chi connectivity index (χ3v) is 20.1. The van der Waals surface area contributed by atoms with Gasteiger partial charge >= 0.3 is 17.9 Å². The lowest BCUT2D eigenvalue weighted by Gasteiger charge is -2.38. The van der Waals surface area contributed by atoms with E-state index >= 15 is 0 Å². The fourth-order valence-electron chi connectivity index (χ4n) is 10.3. The van der Waals surface area contributed by atoms with Crippen LogP contribution in [-0.2, 0) is 78.3 Å². The van der Waals surface area contributed by atoms with Gasteiger partial charge in [-0.25, -0.2) is 4.98 Å². The van der Waals surface area contributed by atoms with Crippen molar-refractivity contribution in [1.82, 2.24) is 40.8 Å². The van der Waals surface area contributed by atoms with Crippen molar-refractivity contribution >= 4 is 129 Å². The van der Waals surface area contributed by atoms with Crippen LogP contribution in [0.15, 0.2) is 23.6 Å². The second-order valence-corrected chi connectivity index (χ2v) is 27.4. The number of anilines is 1. The largest absolute Gasteiger partial charge is 0.481 e. The van der Waals surface area contributed by atoms with Crippen molar-refractivity contribution in [3.05, 3.63) is 39.8 Å². The van der Waals surface area contributed by atoms with Gasteiger partial charge in [-0.15, -0.1) is 34.9 Å². The predicted octanol–water partition coefficient (Wildman–Crippen LogP) is 1.70. The molecule has 10 atom stereocenters. The molecule has 1 aromatic carbocycles. The Balaban J connectivity index is 1.23. The maximum Gasteiger partial charge on any atom is 0.325 e. The second-order valence-electron chi connectivity index (χ2n) is 23.8. The molecule has 2 fully saturated rings. The number of carboxylic acids is 1. The number of aliphatic carboxylic acids is 1. The molecule has 498 valence electrons. The molecule has 91 heavy (non-hydrogen) atoms. The van der Waals surface area contributed by atoms with E-state index in [9.17, 15) is 77.0 Å². The maximum absolute atomic E-state index is 14.4. The first-order valence-corrected chi connectivity index (χ1v) is 32.4. The molecule has 29 nitrogen and oxygen atoms in total. The number of ether oxygens (including phenoxy) is 2. The lowest BCUT2D eigenvalue weighted by atomic mass is 9.81. The van der Waals surface area contributed by atoms with Gasteiger partial charge in [-0.3, -0.25) is 97.5 Å². The van der Waals surface area contributed by atoms with Crippen molar-refractivity contribution < 1.29 is 86.5 Å². The van der Waals surface area contributed by atoms with Gasteiger partial charge in [0.25, 0.3) is 11.8 Å². The fraction of sp³-hybridized carbons (Fsp3) is 0.593. The van der Waals surface area contributed by atoms with E-state index in [1.165, 1.54) is 37.4 Å². The molecule has 5 unspecified atom stereocenters. The summed E-state index contributed by atoms with van der Waals surface area (Å²) >= 11 is 3.17. The van der Waals surface area contributed by atoms with Crippen LogP contribution in [0.25, 0.3) is 0 Å². The number of nitrogens with two attached hydrogens (primary N) is 2. The molecule has 11 amide bonds. The number of Topliss-reactive ketones (excluding diaryl/α,β-unsaturated/α-hetero) is 1. The number of likely N-dealkylation sites (tertiary alicyclic amines) is 2. The molecule has 0 spiro atoms. The van der Waals surface area contributed by atoms with Crippen LogP contribution in [0, 0.1) is 35.5 Å². The van der Waals surface area contributed by atoms with Crippen LogP contribution in [0.1, 0.15) is 134 Å². The number of hydrazine groups is 1. The topological polar surface area (TPSA) is 421 Å². The van der Waals surface area contributed by atoms with Crippen LogP contribution < -0.4 is 37.7 Å². The first-order chi connectivity index (χ1) is 42.6. The first-order valence-electron chi connectivity index (χ1n) is 29.4. The molecule has 3 aliphatic heterocycles. The molecule has 0 radical (unpaired) electrons. The zero-order valence-electron chi connectivity index (χ0n) is 52.6. The number of fused-ring (bicyclic) bond motifs is 1. The average Bonchev–Trinajstić information content (AvgIpc) is 1.76. The van der Waals surface area contributed by atoms with Crippen LogP contribution in [0.5, 0.6) is 5.75 Å². The van der Waals surface area contributed by atoms with E-state index < -0.39 is 148 Å². The second kappa shape index (κ2) is 32.4. The van der Waals surface area contributed by atoms with Crippen molar-refractivity contribution in [2.75, 3.05) is 44.6 Å². The van der Waals surface area contributed by atoms with Crippen molar-refractivity contribution in [3.8, 4) is 5.75 Å². The third kappa shape index (κ3) is 19.4. The zero-order chi connectivity index (χ0) is 68.1. The molecule has 5 rings (SSSR count). The third-order valence-electron chi connectivity index (χ3n) is 16.5. The quantitative estimate of drug-likeness (QED) is 0.0137. The van der Waals surface area contributed by atoms with E-state index in [1.807, 2.05) is 38.5 Å². The molecule has 2 saturated heterocycles. The number of hydrogen-bond donors (Lipinski definition) is 7. The fourth-order valence-corrected chi connectivity index (χ4v) is 13.8. The van der Waals surface area contributed by atoms with E-state index in [0.717, 1.165) is 44.7 Å². The lowest BCUT2D eigenvalue weighted by molar-refractivity contribution is -0.154. The van der Waals surface area contributed by atoms with Gasteiger partial charge in [0.05, 0.1) is 27.6 Å². The van der Waals surface area contributed by atoms with E-state index in [-0.39, 0.29) is 102 Å². The lowest BCUT2D eigenvalue weighted by Crippen LogP contribution is -2.54.